The Bertz CT molecular complexity index is 388. The number of allylic oxidation sites excluding steroid dienone is 1. The number of aliphatic hydroxyl groups is 1. The van der Waals surface area contributed by atoms with Crippen LogP contribution in [0.25, 0.3) is 10.4 Å². The number of Topliss-reactive ketones (excluding diaryl/α,β-unsaturated/α-hetero) is 1. The number of esters is 1. The van der Waals surface area contributed by atoms with Crippen LogP contribution in [0.3, 0.4) is 0 Å². The summed E-state index contributed by atoms with van der Waals surface area (Å²) in [7, 11) is 0. The molecule has 0 aromatic rings. The molecule has 0 unspecified atom stereocenters. The van der Waals surface area contributed by atoms with Crippen molar-refractivity contribution in [3.05, 3.63) is 22.6 Å². The summed E-state index contributed by atoms with van der Waals surface area (Å²) in [5.41, 5.74) is 5.95. The van der Waals surface area contributed by atoms with Crippen LogP contribution in [-0.2, 0) is 14.3 Å². The first-order chi connectivity index (χ1) is 9.02. The SMILES string of the molecule is C/C=C/C[C@](O)(C(=O)CCCN=[N+]=[N-])C(=O)OCC. The van der Waals surface area contributed by atoms with Gasteiger partial charge in [0, 0.05) is 24.3 Å². The molecule has 1 atom stereocenters. The van der Waals surface area contributed by atoms with Crippen LogP contribution in [0, 0.1) is 0 Å². The summed E-state index contributed by atoms with van der Waals surface area (Å²) in [6.45, 7) is 3.55. The molecule has 0 aliphatic carbocycles. The van der Waals surface area contributed by atoms with E-state index in [-0.39, 0.29) is 32.4 Å². The van der Waals surface area contributed by atoms with E-state index in [1.54, 1.807) is 19.9 Å². The smallest absolute Gasteiger partial charge is 0.346 e. The Balaban J connectivity index is 4.76. The minimum absolute atomic E-state index is 0.0497. The Morgan fingerprint density at radius 1 is 1.53 bits per heavy atom. The maximum absolute atomic E-state index is 11.9. The van der Waals surface area contributed by atoms with Crippen molar-refractivity contribution >= 4 is 11.8 Å². The van der Waals surface area contributed by atoms with Crippen molar-refractivity contribution in [1.29, 1.82) is 0 Å². The molecule has 0 saturated carbocycles. The normalized spacial score (nSPS) is 13.6. The first-order valence-electron chi connectivity index (χ1n) is 6.07. The Morgan fingerprint density at radius 3 is 2.74 bits per heavy atom. The fraction of sp³-hybridized carbons (Fsp3) is 0.667. The minimum Gasteiger partial charge on any atom is -0.464 e. The highest BCUT2D eigenvalue weighted by atomic mass is 16.5. The van der Waals surface area contributed by atoms with Crippen LogP contribution in [0.1, 0.15) is 33.1 Å². The summed E-state index contributed by atoms with van der Waals surface area (Å²) >= 11 is 0. The number of ether oxygens (including phenoxy) is 1. The standard InChI is InChI=1S/C12H19N3O4/c1-3-5-8-12(18,11(17)19-4-2)10(16)7-6-9-14-15-13/h3,5,18H,4,6-9H2,1-2H3/b5-3+/t12-/m0/s1. The van der Waals surface area contributed by atoms with Crippen LogP contribution in [-0.4, -0.2) is 35.6 Å². The van der Waals surface area contributed by atoms with Crippen molar-refractivity contribution in [3.8, 4) is 0 Å². The molecule has 0 aromatic heterocycles. The second-order valence-corrected chi connectivity index (χ2v) is 3.84. The summed E-state index contributed by atoms with van der Waals surface area (Å²) < 4.78 is 4.73. The van der Waals surface area contributed by atoms with Gasteiger partial charge in [-0.25, -0.2) is 4.79 Å². The van der Waals surface area contributed by atoms with Crippen LogP contribution in [0.5, 0.6) is 0 Å². The van der Waals surface area contributed by atoms with Crippen LogP contribution >= 0.6 is 0 Å². The third-order valence-corrected chi connectivity index (χ3v) is 2.45. The van der Waals surface area contributed by atoms with Crippen molar-refractivity contribution in [2.75, 3.05) is 13.2 Å². The number of carbonyl (C=O) groups excluding carboxylic acids is 2. The lowest BCUT2D eigenvalue weighted by Gasteiger charge is -2.23. The summed E-state index contributed by atoms with van der Waals surface area (Å²) in [6, 6.07) is 0. The van der Waals surface area contributed by atoms with Gasteiger partial charge >= 0.3 is 5.97 Å². The molecule has 7 heteroatoms. The maximum Gasteiger partial charge on any atom is 0.346 e. The van der Waals surface area contributed by atoms with Crippen molar-refractivity contribution in [2.45, 2.75) is 38.7 Å². The van der Waals surface area contributed by atoms with E-state index in [1.165, 1.54) is 6.08 Å². The van der Waals surface area contributed by atoms with Crippen molar-refractivity contribution in [2.24, 2.45) is 5.11 Å². The fourth-order valence-electron chi connectivity index (χ4n) is 1.41. The van der Waals surface area contributed by atoms with E-state index >= 15 is 0 Å². The number of azide groups is 1. The molecule has 0 aliphatic rings. The van der Waals surface area contributed by atoms with Gasteiger partial charge in [-0.05, 0) is 25.8 Å². The van der Waals surface area contributed by atoms with Gasteiger partial charge in [0.15, 0.2) is 5.78 Å². The lowest BCUT2D eigenvalue weighted by molar-refractivity contribution is -0.170. The molecule has 106 valence electrons. The van der Waals surface area contributed by atoms with E-state index < -0.39 is 17.4 Å². The third-order valence-electron chi connectivity index (χ3n) is 2.45. The van der Waals surface area contributed by atoms with Crippen LogP contribution in [0.15, 0.2) is 17.3 Å². The van der Waals surface area contributed by atoms with Gasteiger partial charge in [0.25, 0.3) is 0 Å². The lowest BCUT2D eigenvalue weighted by Crippen LogP contribution is -2.47. The van der Waals surface area contributed by atoms with Gasteiger partial charge in [-0.1, -0.05) is 17.3 Å². The molecular formula is C12H19N3O4. The summed E-state index contributed by atoms with van der Waals surface area (Å²) in [6.07, 6.45) is 3.27. The highest BCUT2D eigenvalue weighted by molar-refractivity contribution is 6.07. The summed E-state index contributed by atoms with van der Waals surface area (Å²) in [4.78, 5) is 26.2. The average molecular weight is 269 g/mol. The van der Waals surface area contributed by atoms with E-state index in [4.69, 9.17) is 10.3 Å². The summed E-state index contributed by atoms with van der Waals surface area (Å²) in [5.74, 6) is -1.57. The zero-order valence-electron chi connectivity index (χ0n) is 11.2. The van der Waals surface area contributed by atoms with E-state index in [0.29, 0.717) is 0 Å². The molecule has 0 fully saturated rings. The van der Waals surface area contributed by atoms with E-state index in [2.05, 4.69) is 10.0 Å². The molecule has 0 heterocycles. The van der Waals surface area contributed by atoms with Gasteiger partial charge in [-0.3, -0.25) is 4.79 Å². The number of ketones is 1. The van der Waals surface area contributed by atoms with Crippen LogP contribution in [0.2, 0.25) is 0 Å². The molecule has 7 nitrogen and oxygen atoms in total. The highest BCUT2D eigenvalue weighted by Crippen LogP contribution is 2.18. The molecule has 0 rings (SSSR count). The largest absolute Gasteiger partial charge is 0.464 e. The highest BCUT2D eigenvalue weighted by Gasteiger charge is 2.43. The molecule has 0 saturated heterocycles. The summed E-state index contributed by atoms with van der Waals surface area (Å²) in [5, 5.41) is 13.5. The van der Waals surface area contributed by atoms with Gasteiger partial charge in [0.1, 0.15) is 0 Å². The number of carbonyl (C=O) groups is 2. The van der Waals surface area contributed by atoms with Gasteiger partial charge in [-0.15, -0.1) is 0 Å². The quantitative estimate of drug-likeness (QED) is 0.131. The molecular weight excluding hydrogens is 250 g/mol. The van der Waals surface area contributed by atoms with Crippen LogP contribution < -0.4 is 0 Å². The van der Waals surface area contributed by atoms with Gasteiger partial charge < -0.3 is 9.84 Å². The average Bonchev–Trinajstić information content (AvgIpc) is 2.40. The van der Waals surface area contributed by atoms with Crippen molar-refractivity contribution in [1.82, 2.24) is 0 Å². The third kappa shape index (κ3) is 5.54. The topological polar surface area (TPSA) is 112 Å². The molecule has 0 aromatic carbocycles. The Hall–Kier alpha value is -1.85. The predicted octanol–water partition coefficient (Wildman–Crippen LogP) is 1.91. The van der Waals surface area contributed by atoms with E-state index in [1.807, 2.05) is 0 Å². The minimum atomic E-state index is -2.15. The zero-order chi connectivity index (χ0) is 14.7. The monoisotopic (exact) mass is 269 g/mol. The molecule has 19 heavy (non-hydrogen) atoms. The molecule has 0 spiro atoms. The first kappa shape index (κ1) is 17.2. The lowest BCUT2D eigenvalue weighted by atomic mass is 9.91. The van der Waals surface area contributed by atoms with Gasteiger partial charge in [0.2, 0.25) is 5.60 Å². The Morgan fingerprint density at radius 2 is 2.21 bits per heavy atom. The predicted molar refractivity (Wildman–Crippen MR) is 69.3 cm³/mol. The molecule has 1 N–H and O–H groups in total. The number of nitrogens with zero attached hydrogens (tertiary/aromatic N) is 3. The van der Waals surface area contributed by atoms with Gasteiger partial charge in [0.05, 0.1) is 6.61 Å². The van der Waals surface area contributed by atoms with E-state index in [9.17, 15) is 14.7 Å². The zero-order valence-corrected chi connectivity index (χ0v) is 11.2. The van der Waals surface area contributed by atoms with Crippen molar-refractivity contribution in [3.63, 3.8) is 0 Å². The second-order valence-electron chi connectivity index (χ2n) is 3.84. The second kappa shape index (κ2) is 9.13. The number of hydrogen-bond donors (Lipinski definition) is 1. The molecule has 0 bridgehead atoms. The first-order valence-corrected chi connectivity index (χ1v) is 6.07. The fourth-order valence-corrected chi connectivity index (χ4v) is 1.41. The number of rotatable bonds is 9. The molecule has 0 radical (unpaired) electrons. The van der Waals surface area contributed by atoms with Crippen molar-refractivity contribution < 1.29 is 19.4 Å². The molecule has 0 aliphatic heterocycles. The maximum atomic E-state index is 11.9. The molecule has 0 amide bonds. The van der Waals surface area contributed by atoms with E-state index in [0.717, 1.165) is 0 Å². The number of hydrogen-bond acceptors (Lipinski definition) is 5. The van der Waals surface area contributed by atoms with Gasteiger partial charge in [-0.2, -0.15) is 0 Å². The Labute approximate surface area is 111 Å². The van der Waals surface area contributed by atoms with Crippen LogP contribution in [0.4, 0.5) is 0 Å². The Kier molecular flexibility index (Phi) is 8.24.